The molecule has 0 N–H and O–H groups in total. The predicted octanol–water partition coefficient (Wildman–Crippen LogP) is 2.38. The Bertz CT molecular complexity index is 347. The molecule has 1 heterocycles. The monoisotopic (exact) mass is 203 g/mol. The molecular weight excluding hydrogens is 195 g/mol. The van der Waals surface area contributed by atoms with Crippen LogP contribution < -0.4 is 0 Å². The number of alkyl halides is 3. The van der Waals surface area contributed by atoms with Crippen LogP contribution in [0.25, 0.3) is 0 Å². The Hall–Kier alpha value is -1.51. The quantitative estimate of drug-likeness (QED) is 0.740. The minimum absolute atomic E-state index is 0.426. The van der Waals surface area contributed by atoms with Crippen LogP contribution in [0.1, 0.15) is 25.1 Å². The number of nitrogens with zero attached hydrogens (tertiary/aromatic N) is 3. The molecule has 1 unspecified atom stereocenters. The highest BCUT2D eigenvalue weighted by atomic mass is 19.4. The fourth-order valence-electron chi connectivity index (χ4n) is 1.00. The highest BCUT2D eigenvalue weighted by molar-refractivity contribution is 5.05. The minimum Gasteiger partial charge on any atom is -0.255 e. The van der Waals surface area contributed by atoms with Crippen molar-refractivity contribution in [2.24, 2.45) is 0 Å². The summed E-state index contributed by atoms with van der Waals surface area (Å²) in [6.07, 6.45) is -2.85. The summed E-state index contributed by atoms with van der Waals surface area (Å²) in [6, 6.07) is 2.09. The molecule has 0 aliphatic carbocycles. The summed E-state index contributed by atoms with van der Waals surface area (Å²) in [7, 11) is 0. The third-order valence-electron chi connectivity index (χ3n) is 1.75. The van der Waals surface area contributed by atoms with Crippen LogP contribution in [-0.2, 0) is 6.18 Å². The molecule has 0 spiro atoms. The van der Waals surface area contributed by atoms with Crippen LogP contribution in [0.5, 0.6) is 0 Å². The third kappa shape index (κ3) is 2.05. The number of rotatable bonds is 2. The summed E-state index contributed by atoms with van der Waals surface area (Å²) in [6.45, 7) is 1.71. The van der Waals surface area contributed by atoms with Gasteiger partial charge in [0, 0.05) is 6.20 Å². The normalized spacial score (nSPS) is 13.6. The summed E-state index contributed by atoms with van der Waals surface area (Å²) < 4.78 is 37.4. The van der Waals surface area contributed by atoms with Gasteiger partial charge in [0.2, 0.25) is 0 Å². The summed E-state index contributed by atoms with van der Waals surface area (Å²) in [5.74, 6) is 0. The van der Waals surface area contributed by atoms with Gasteiger partial charge in [0.1, 0.15) is 6.04 Å². The molecule has 0 radical (unpaired) electrons. The number of hydrogen-bond acceptors (Lipinski definition) is 2. The van der Waals surface area contributed by atoms with Gasteiger partial charge in [0.25, 0.3) is 0 Å². The Labute approximate surface area is 78.8 Å². The molecule has 3 nitrogen and oxygen atoms in total. The molecule has 1 aromatic heterocycles. The summed E-state index contributed by atoms with van der Waals surface area (Å²) in [5, 5.41) is 11.9. The average molecular weight is 203 g/mol. The van der Waals surface area contributed by atoms with Crippen molar-refractivity contribution in [3.8, 4) is 6.07 Å². The second kappa shape index (κ2) is 3.70. The van der Waals surface area contributed by atoms with Crippen LogP contribution in [0.3, 0.4) is 0 Å². The van der Waals surface area contributed by atoms with E-state index in [-0.39, 0.29) is 0 Å². The first-order chi connectivity index (χ1) is 6.49. The van der Waals surface area contributed by atoms with Gasteiger partial charge >= 0.3 is 6.18 Å². The first-order valence-electron chi connectivity index (χ1n) is 4.01. The summed E-state index contributed by atoms with van der Waals surface area (Å²) >= 11 is 0. The highest BCUT2D eigenvalue weighted by Crippen LogP contribution is 2.27. The van der Waals surface area contributed by atoms with Crippen LogP contribution in [0.4, 0.5) is 13.2 Å². The topological polar surface area (TPSA) is 41.6 Å². The van der Waals surface area contributed by atoms with Crippen molar-refractivity contribution in [2.75, 3.05) is 0 Å². The zero-order chi connectivity index (χ0) is 10.8. The Morgan fingerprint density at radius 2 is 2.29 bits per heavy atom. The maximum absolute atomic E-state index is 12.1. The number of aromatic nitrogens is 2. The lowest BCUT2D eigenvalue weighted by Crippen LogP contribution is -2.10. The maximum Gasteiger partial charge on any atom is 0.435 e. The first kappa shape index (κ1) is 10.6. The van der Waals surface area contributed by atoms with E-state index >= 15 is 0 Å². The van der Waals surface area contributed by atoms with E-state index in [0.717, 1.165) is 10.7 Å². The van der Waals surface area contributed by atoms with Crippen LogP contribution in [0, 0.1) is 11.3 Å². The van der Waals surface area contributed by atoms with Gasteiger partial charge in [-0.15, -0.1) is 0 Å². The van der Waals surface area contributed by atoms with Crippen LogP contribution in [0.15, 0.2) is 12.3 Å². The lowest BCUT2D eigenvalue weighted by molar-refractivity contribution is -0.141. The molecule has 0 aliphatic heterocycles. The molecule has 0 bridgehead atoms. The van der Waals surface area contributed by atoms with Crippen molar-refractivity contribution in [1.29, 1.82) is 5.26 Å². The largest absolute Gasteiger partial charge is 0.435 e. The standard InChI is InChI=1S/C8H8F3N3/c1-2-6(5-12)14-4-3-7(13-14)8(9,10)11/h3-4,6H,2H2,1H3. The van der Waals surface area contributed by atoms with Gasteiger partial charge in [0.05, 0.1) is 6.07 Å². The molecule has 0 aliphatic rings. The average Bonchev–Trinajstić information content (AvgIpc) is 2.54. The molecule has 0 fully saturated rings. The van der Waals surface area contributed by atoms with Crippen molar-refractivity contribution in [3.05, 3.63) is 18.0 Å². The van der Waals surface area contributed by atoms with E-state index in [4.69, 9.17) is 5.26 Å². The zero-order valence-corrected chi connectivity index (χ0v) is 7.41. The molecule has 1 aromatic rings. The van der Waals surface area contributed by atoms with E-state index in [0.29, 0.717) is 6.42 Å². The lowest BCUT2D eigenvalue weighted by Gasteiger charge is -2.06. The number of halogens is 3. The van der Waals surface area contributed by atoms with E-state index in [1.807, 2.05) is 6.07 Å². The van der Waals surface area contributed by atoms with E-state index in [1.54, 1.807) is 6.92 Å². The Morgan fingerprint density at radius 3 is 2.64 bits per heavy atom. The van der Waals surface area contributed by atoms with Gasteiger partial charge in [-0.2, -0.15) is 23.5 Å². The van der Waals surface area contributed by atoms with Gasteiger partial charge in [0.15, 0.2) is 5.69 Å². The van der Waals surface area contributed by atoms with E-state index in [1.165, 1.54) is 6.20 Å². The molecule has 0 aromatic carbocycles. The van der Waals surface area contributed by atoms with Crippen LogP contribution in [-0.4, -0.2) is 9.78 Å². The number of nitriles is 1. The zero-order valence-electron chi connectivity index (χ0n) is 7.41. The fraction of sp³-hybridized carbons (Fsp3) is 0.500. The second-order valence-corrected chi connectivity index (χ2v) is 2.73. The predicted molar refractivity (Wildman–Crippen MR) is 42.2 cm³/mol. The van der Waals surface area contributed by atoms with Gasteiger partial charge in [-0.3, -0.25) is 4.68 Å². The SMILES string of the molecule is CCC(C#N)n1ccc(C(F)(F)F)n1. The molecule has 1 atom stereocenters. The third-order valence-corrected chi connectivity index (χ3v) is 1.75. The Morgan fingerprint density at radius 1 is 1.64 bits per heavy atom. The van der Waals surface area contributed by atoms with Crippen molar-refractivity contribution in [2.45, 2.75) is 25.6 Å². The molecule has 76 valence electrons. The lowest BCUT2D eigenvalue weighted by atomic mass is 10.3. The number of hydrogen-bond donors (Lipinski definition) is 0. The maximum atomic E-state index is 12.1. The second-order valence-electron chi connectivity index (χ2n) is 2.73. The van der Waals surface area contributed by atoms with Gasteiger partial charge in [-0.05, 0) is 12.5 Å². The smallest absolute Gasteiger partial charge is 0.255 e. The van der Waals surface area contributed by atoms with Crippen LogP contribution in [0.2, 0.25) is 0 Å². The summed E-state index contributed by atoms with van der Waals surface area (Å²) in [5.41, 5.74) is -0.966. The first-order valence-corrected chi connectivity index (χ1v) is 4.01. The molecule has 14 heavy (non-hydrogen) atoms. The van der Waals surface area contributed by atoms with Gasteiger partial charge < -0.3 is 0 Å². The van der Waals surface area contributed by atoms with Crippen molar-refractivity contribution >= 4 is 0 Å². The van der Waals surface area contributed by atoms with E-state index < -0.39 is 17.9 Å². The fourth-order valence-corrected chi connectivity index (χ4v) is 1.00. The molecule has 1 rings (SSSR count). The molecule has 0 saturated carbocycles. The van der Waals surface area contributed by atoms with Crippen molar-refractivity contribution < 1.29 is 13.2 Å². The Balaban J connectivity index is 2.94. The van der Waals surface area contributed by atoms with Crippen molar-refractivity contribution in [3.63, 3.8) is 0 Å². The molecule has 0 saturated heterocycles. The molecule has 0 amide bonds. The summed E-state index contributed by atoms with van der Waals surface area (Å²) in [4.78, 5) is 0. The molecular formula is C8H8F3N3. The molecule has 6 heteroatoms. The minimum atomic E-state index is -4.45. The van der Waals surface area contributed by atoms with Crippen molar-refractivity contribution in [1.82, 2.24) is 9.78 Å². The van der Waals surface area contributed by atoms with Gasteiger partial charge in [-0.25, -0.2) is 0 Å². The van der Waals surface area contributed by atoms with E-state index in [2.05, 4.69) is 5.10 Å². The Kier molecular flexibility index (Phi) is 2.79. The van der Waals surface area contributed by atoms with Crippen LogP contribution >= 0.6 is 0 Å². The van der Waals surface area contributed by atoms with Gasteiger partial charge in [-0.1, -0.05) is 6.92 Å². The highest BCUT2D eigenvalue weighted by Gasteiger charge is 2.33. The van der Waals surface area contributed by atoms with E-state index in [9.17, 15) is 13.2 Å².